The van der Waals surface area contributed by atoms with Crippen LogP contribution in [0.2, 0.25) is 0 Å². The SMILES string of the molecule is CCOC(=O)C(F)(F)[C@@H](O)[C@@H]1CO[C@](C)(OC)O1. The molecular formula is C10H16F2O6. The summed E-state index contributed by atoms with van der Waals surface area (Å²) in [5, 5.41) is 9.49. The molecule has 1 saturated heterocycles. The van der Waals surface area contributed by atoms with E-state index in [1.165, 1.54) is 21.0 Å². The van der Waals surface area contributed by atoms with Crippen LogP contribution in [0.25, 0.3) is 0 Å². The van der Waals surface area contributed by atoms with Gasteiger partial charge in [-0.2, -0.15) is 8.78 Å². The molecular weight excluding hydrogens is 254 g/mol. The van der Waals surface area contributed by atoms with Crippen molar-refractivity contribution < 1.29 is 37.6 Å². The van der Waals surface area contributed by atoms with Gasteiger partial charge < -0.3 is 24.1 Å². The quantitative estimate of drug-likeness (QED) is 0.723. The van der Waals surface area contributed by atoms with Crippen LogP contribution >= 0.6 is 0 Å². The molecule has 3 atom stereocenters. The third kappa shape index (κ3) is 2.94. The van der Waals surface area contributed by atoms with Crippen LogP contribution in [0, 0.1) is 0 Å². The summed E-state index contributed by atoms with van der Waals surface area (Å²) in [6.07, 6.45) is -3.75. The minimum Gasteiger partial charge on any atom is -0.461 e. The monoisotopic (exact) mass is 270 g/mol. The Labute approximate surface area is 103 Å². The zero-order chi connectivity index (χ0) is 14.0. The van der Waals surface area contributed by atoms with E-state index in [0.29, 0.717) is 0 Å². The van der Waals surface area contributed by atoms with E-state index in [-0.39, 0.29) is 13.2 Å². The number of hydrogen-bond acceptors (Lipinski definition) is 6. The number of rotatable bonds is 5. The molecule has 6 nitrogen and oxygen atoms in total. The molecule has 1 rings (SSSR count). The molecule has 0 aromatic rings. The molecule has 0 aromatic carbocycles. The first-order chi connectivity index (χ1) is 8.27. The summed E-state index contributed by atoms with van der Waals surface area (Å²) in [5.41, 5.74) is 0. The first-order valence-electron chi connectivity index (χ1n) is 5.37. The van der Waals surface area contributed by atoms with E-state index in [1.54, 1.807) is 0 Å². The Balaban J connectivity index is 2.70. The fourth-order valence-electron chi connectivity index (χ4n) is 1.42. The molecule has 1 N–H and O–H groups in total. The van der Waals surface area contributed by atoms with Crippen LogP contribution in [0.1, 0.15) is 13.8 Å². The number of hydrogen-bond donors (Lipinski definition) is 1. The van der Waals surface area contributed by atoms with Crippen molar-refractivity contribution in [3.8, 4) is 0 Å². The van der Waals surface area contributed by atoms with Gasteiger partial charge in [-0.05, 0) is 6.92 Å². The van der Waals surface area contributed by atoms with Crippen LogP contribution in [-0.2, 0) is 23.7 Å². The minimum absolute atomic E-state index is 0.209. The largest absolute Gasteiger partial charge is 0.461 e. The van der Waals surface area contributed by atoms with Gasteiger partial charge in [0.25, 0.3) is 5.97 Å². The number of carbonyl (C=O) groups is 1. The summed E-state index contributed by atoms with van der Waals surface area (Å²) in [6, 6.07) is 0. The molecule has 0 unspecified atom stereocenters. The number of methoxy groups -OCH3 is 1. The second kappa shape index (κ2) is 5.43. The Hall–Kier alpha value is -0.830. The van der Waals surface area contributed by atoms with E-state index >= 15 is 0 Å². The lowest BCUT2D eigenvalue weighted by Crippen LogP contribution is -2.50. The van der Waals surface area contributed by atoms with Crippen molar-refractivity contribution in [3.05, 3.63) is 0 Å². The number of esters is 1. The molecule has 1 fully saturated rings. The van der Waals surface area contributed by atoms with Crippen molar-refractivity contribution in [2.45, 2.75) is 38.0 Å². The Bertz CT molecular complexity index is 311. The molecule has 106 valence electrons. The lowest BCUT2D eigenvalue weighted by molar-refractivity contribution is -0.320. The lowest BCUT2D eigenvalue weighted by atomic mass is 10.1. The van der Waals surface area contributed by atoms with Crippen molar-refractivity contribution in [3.63, 3.8) is 0 Å². The van der Waals surface area contributed by atoms with Gasteiger partial charge in [-0.1, -0.05) is 0 Å². The summed E-state index contributed by atoms with van der Waals surface area (Å²) in [6.45, 7) is 2.22. The van der Waals surface area contributed by atoms with Crippen LogP contribution in [-0.4, -0.2) is 55.5 Å². The Kier molecular flexibility index (Phi) is 4.60. The zero-order valence-corrected chi connectivity index (χ0v) is 10.3. The predicted molar refractivity (Wildman–Crippen MR) is 53.8 cm³/mol. The highest BCUT2D eigenvalue weighted by molar-refractivity contribution is 5.78. The van der Waals surface area contributed by atoms with Gasteiger partial charge in [-0.15, -0.1) is 0 Å². The number of halogens is 2. The normalized spacial score (nSPS) is 30.2. The summed E-state index contributed by atoms with van der Waals surface area (Å²) < 4.78 is 45.9. The van der Waals surface area contributed by atoms with Crippen molar-refractivity contribution in [2.24, 2.45) is 0 Å². The van der Waals surface area contributed by atoms with Gasteiger partial charge in [0, 0.05) is 14.0 Å². The third-order valence-corrected chi connectivity index (χ3v) is 2.52. The molecule has 1 aliphatic rings. The van der Waals surface area contributed by atoms with Gasteiger partial charge in [0.15, 0.2) is 6.10 Å². The van der Waals surface area contributed by atoms with Crippen LogP contribution in [0.5, 0.6) is 0 Å². The van der Waals surface area contributed by atoms with E-state index < -0.39 is 30.1 Å². The molecule has 0 radical (unpaired) electrons. The van der Waals surface area contributed by atoms with Crippen molar-refractivity contribution >= 4 is 5.97 Å². The van der Waals surface area contributed by atoms with Gasteiger partial charge in [0.05, 0.1) is 13.2 Å². The average molecular weight is 270 g/mol. The summed E-state index contributed by atoms with van der Waals surface area (Å²) in [5.74, 6) is -7.37. The first-order valence-corrected chi connectivity index (χ1v) is 5.37. The number of ether oxygens (including phenoxy) is 4. The van der Waals surface area contributed by atoms with E-state index in [2.05, 4.69) is 4.74 Å². The van der Waals surface area contributed by atoms with E-state index in [9.17, 15) is 18.7 Å². The second-order valence-electron chi connectivity index (χ2n) is 3.82. The zero-order valence-electron chi connectivity index (χ0n) is 10.3. The molecule has 0 aromatic heterocycles. The van der Waals surface area contributed by atoms with Crippen molar-refractivity contribution in [2.75, 3.05) is 20.3 Å². The molecule has 0 amide bonds. The number of aliphatic hydroxyl groups is 1. The van der Waals surface area contributed by atoms with Gasteiger partial charge >= 0.3 is 11.9 Å². The van der Waals surface area contributed by atoms with Crippen molar-refractivity contribution in [1.29, 1.82) is 0 Å². The summed E-state index contributed by atoms with van der Waals surface area (Å²) >= 11 is 0. The van der Waals surface area contributed by atoms with Crippen molar-refractivity contribution in [1.82, 2.24) is 0 Å². The molecule has 0 aliphatic carbocycles. The van der Waals surface area contributed by atoms with Crippen LogP contribution in [0.3, 0.4) is 0 Å². The first kappa shape index (κ1) is 15.2. The van der Waals surface area contributed by atoms with Crippen LogP contribution in [0.15, 0.2) is 0 Å². The maximum absolute atomic E-state index is 13.5. The molecule has 1 aliphatic heterocycles. The maximum atomic E-state index is 13.5. The topological polar surface area (TPSA) is 74.2 Å². The van der Waals surface area contributed by atoms with E-state index in [4.69, 9.17) is 14.2 Å². The van der Waals surface area contributed by atoms with Gasteiger partial charge in [-0.25, -0.2) is 4.79 Å². The lowest BCUT2D eigenvalue weighted by Gasteiger charge is -2.26. The predicted octanol–water partition coefficient (Wildman–Crippen LogP) is 0.281. The molecule has 0 bridgehead atoms. The molecule has 8 heteroatoms. The number of alkyl halides is 2. The standard InChI is InChI=1S/C10H16F2O6/c1-4-16-8(14)10(11,12)7(13)6-5-17-9(2,15-3)18-6/h6-7,13H,4-5H2,1-3H3/t6-,7-,9-/m0/s1. The second-order valence-corrected chi connectivity index (χ2v) is 3.82. The summed E-state index contributed by atoms with van der Waals surface area (Å²) in [4.78, 5) is 11.0. The smallest absolute Gasteiger partial charge is 0.379 e. The fraction of sp³-hybridized carbons (Fsp3) is 0.900. The summed E-state index contributed by atoms with van der Waals surface area (Å²) in [7, 11) is 1.26. The molecule has 18 heavy (non-hydrogen) atoms. The Morgan fingerprint density at radius 3 is 2.72 bits per heavy atom. The van der Waals surface area contributed by atoms with Crippen LogP contribution < -0.4 is 0 Å². The maximum Gasteiger partial charge on any atom is 0.379 e. The molecule has 0 saturated carbocycles. The fourth-order valence-corrected chi connectivity index (χ4v) is 1.42. The highest BCUT2D eigenvalue weighted by Gasteiger charge is 2.55. The van der Waals surface area contributed by atoms with Gasteiger partial charge in [0.2, 0.25) is 0 Å². The molecule has 0 spiro atoms. The van der Waals surface area contributed by atoms with E-state index in [0.717, 1.165) is 0 Å². The van der Waals surface area contributed by atoms with Crippen LogP contribution in [0.4, 0.5) is 8.78 Å². The Morgan fingerprint density at radius 2 is 2.28 bits per heavy atom. The van der Waals surface area contributed by atoms with Gasteiger partial charge in [-0.3, -0.25) is 0 Å². The number of carbonyl (C=O) groups excluding carboxylic acids is 1. The third-order valence-electron chi connectivity index (χ3n) is 2.52. The number of aliphatic hydroxyl groups excluding tert-OH is 1. The molecule has 1 heterocycles. The minimum atomic E-state index is -4.07. The highest BCUT2D eigenvalue weighted by Crippen LogP contribution is 2.32. The Morgan fingerprint density at radius 1 is 1.67 bits per heavy atom. The average Bonchev–Trinajstić information content (AvgIpc) is 2.72. The highest BCUT2D eigenvalue weighted by atomic mass is 19.3. The van der Waals surface area contributed by atoms with E-state index in [1.807, 2.05) is 0 Å². The van der Waals surface area contributed by atoms with Gasteiger partial charge in [0.1, 0.15) is 6.10 Å².